The summed E-state index contributed by atoms with van der Waals surface area (Å²) in [5, 5.41) is 4.02. The Morgan fingerprint density at radius 3 is 2.70 bits per heavy atom. The van der Waals surface area contributed by atoms with Gasteiger partial charge in [0.25, 0.3) is 0 Å². The Balaban J connectivity index is 2.13. The summed E-state index contributed by atoms with van der Waals surface area (Å²) in [6, 6.07) is 14.3. The number of halogens is 1. The summed E-state index contributed by atoms with van der Waals surface area (Å²) >= 11 is 6.15. The van der Waals surface area contributed by atoms with Crippen LogP contribution in [0.15, 0.2) is 42.5 Å². The van der Waals surface area contributed by atoms with E-state index >= 15 is 0 Å². The zero-order valence-electron chi connectivity index (χ0n) is 12.1. The number of ether oxygens (including phenoxy) is 1. The topological polar surface area (TPSA) is 21.3 Å². The predicted molar refractivity (Wildman–Crippen MR) is 84.7 cm³/mol. The highest BCUT2D eigenvalue weighted by atomic mass is 35.5. The Kier molecular flexibility index (Phi) is 5.05. The summed E-state index contributed by atoms with van der Waals surface area (Å²) in [7, 11) is 0. The monoisotopic (exact) mass is 289 g/mol. The van der Waals surface area contributed by atoms with Crippen molar-refractivity contribution in [1.29, 1.82) is 0 Å². The fourth-order valence-corrected chi connectivity index (χ4v) is 2.01. The largest absolute Gasteiger partial charge is 0.456 e. The Morgan fingerprint density at radius 1 is 1.15 bits per heavy atom. The Morgan fingerprint density at radius 2 is 1.95 bits per heavy atom. The minimum atomic E-state index is 0.464. The van der Waals surface area contributed by atoms with Crippen molar-refractivity contribution in [2.45, 2.75) is 33.4 Å². The smallest absolute Gasteiger partial charge is 0.146 e. The minimum absolute atomic E-state index is 0.464. The van der Waals surface area contributed by atoms with Crippen molar-refractivity contribution in [3.63, 3.8) is 0 Å². The van der Waals surface area contributed by atoms with E-state index in [1.54, 1.807) is 0 Å². The number of hydrogen-bond acceptors (Lipinski definition) is 2. The molecule has 20 heavy (non-hydrogen) atoms. The lowest BCUT2D eigenvalue weighted by molar-refractivity contribution is 0.481. The highest BCUT2D eigenvalue weighted by molar-refractivity contribution is 6.32. The molecule has 2 rings (SSSR count). The predicted octanol–water partition coefficient (Wildman–Crippen LogP) is 4.94. The maximum atomic E-state index is 6.15. The van der Waals surface area contributed by atoms with E-state index in [-0.39, 0.29) is 0 Å². The Labute approximate surface area is 125 Å². The summed E-state index contributed by atoms with van der Waals surface area (Å²) in [5.74, 6) is 1.50. The molecule has 0 heterocycles. The van der Waals surface area contributed by atoms with Gasteiger partial charge in [-0.25, -0.2) is 0 Å². The van der Waals surface area contributed by atoms with Gasteiger partial charge < -0.3 is 10.1 Å². The van der Waals surface area contributed by atoms with E-state index in [0.717, 1.165) is 17.9 Å². The highest BCUT2D eigenvalue weighted by Gasteiger charge is 2.04. The first kappa shape index (κ1) is 14.9. The number of rotatable bonds is 5. The average molecular weight is 290 g/mol. The first-order chi connectivity index (χ1) is 9.54. The highest BCUT2D eigenvalue weighted by Crippen LogP contribution is 2.30. The maximum absolute atomic E-state index is 6.15. The van der Waals surface area contributed by atoms with E-state index in [1.165, 1.54) is 5.56 Å². The lowest BCUT2D eigenvalue weighted by Crippen LogP contribution is -2.21. The maximum Gasteiger partial charge on any atom is 0.146 e. The van der Waals surface area contributed by atoms with Gasteiger partial charge >= 0.3 is 0 Å². The molecular formula is C17H20ClNO. The number of hydrogen-bond donors (Lipinski definition) is 1. The van der Waals surface area contributed by atoms with E-state index in [4.69, 9.17) is 16.3 Å². The molecule has 106 valence electrons. The third-order valence-electron chi connectivity index (χ3n) is 2.93. The van der Waals surface area contributed by atoms with Gasteiger partial charge in [0.05, 0.1) is 5.02 Å². The fourth-order valence-electron chi connectivity index (χ4n) is 1.86. The molecule has 2 aromatic rings. The summed E-state index contributed by atoms with van der Waals surface area (Å²) in [4.78, 5) is 0. The van der Waals surface area contributed by atoms with Gasteiger partial charge in [0.15, 0.2) is 0 Å². The lowest BCUT2D eigenvalue weighted by Gasteiger charge is -2.11. The molecule has 0 radical (unpaired) electrons. The second kappa shape index (κ2) is 6.78. The summed E-state index contributed by atoms with van der Waals surface area (Å²) in [6.07, 6.45) is 0. The van der Waals surface area contributed by atoms with Crippen LogP contribution in [-0.4, -0.2) is 6.04 Å². The van der Waals surface area contributed by atoms with Crippen LogP contribution in [-0.2, 0) is 6.54 Å². The molecular weight excluding hydrogens is 270 g/mol. The van der Waals surface area contributed by atoms with Crippen LogP contribution in [0.1, 0.15) is 25.0 Å². The summed E-state index contributed by atoms with van der Waals surface area (Å²) in [6.45, 7) is 7.11. The third-order valence-corrected chi connectivity index (χ3v) is 3.24. The molecule has 0 aromatic heterocycles. The van der Waals surface area contributed by atoms with Crippen molar-refractivity contribution in [3.8, 4) is 11.5 Å². The third kappa shape index (κ3) is 4.26. The second-order valence-corrected chi connectivity index (χ2v) is 5.63. The summed E-state index contributed by atoms with van der Waals surface area (Å²) in [5.41, 5.74) is 2.32. The van der Waals surface area contributed by atoms with Crippen LogP contribution in [0.4, 0.5) is 0 Å². The fraction of sp³-hybridized carbons (Fsp3) is 0.294. The Hall–Kier alpha value is -1.51. The number of aryl methyl sites for hydroxylation is 1. The molecule has 0 aliphatic heterocycles. The van der Waals surface area contributed by atoms with Gasteiger partial charge in [-0.15, -0.1) is 0 Å². The van der Waals surface area contributed by atoms with Gasteiger partial charge in [-0.2, -0.15) is 0 Å². The van der Waals surface area contributed by atoms with Crippen LogP contribution in [0.25, 0.3) is 0 Å². The molecule has 0 saturated carbocycles. The van der Waals surface area contributed by atoms with Gasteiger partial charge in [0.1, 0.15) is 11.5 Å². The van der Waals surface area contributed by atoms with Crippen molar-refractivity contribution in [1.82, 2.24) is 5.32 Å². The first-order valence-electron chi connectivity index (χ1n) is 6.81. The summed E-state index contributed by atoms with van der Waals surface area (Å²) < 4.78 is 5.88. The van der Waals surface area contributed by atoms with Gasteiger partial charge in [-0.05, 0) is 42.3 Å². The average Bonchev–Trinajstić information content (AvgIpc) is 2.41. The molecule has 2 nitrogen and oxygen atoms in total. The van der Waals surface area contributed by atoms with E-state index < -0.39 is 0 Å². The quantitative estimate of drug-likeness (QED) is 0.842. The van der Waals surface area contributed by atoms with Crippen molar-refractivity contribution in [2.24, 2.45) is 0 Å². The minimum Gasteiger partial charge on any atom is -0.456 e. The van der Waals surface area contributed by atoms with E-state index in [0.29, 0.717) is 16.8 Å². The zero-order chi connectivity index (χ0) is 14.5. The second-order valence-electron chi connectivity index (χ2n) is 5.22. The van der Waals surface area contributed by atoms with E-state index in [2.05, 4.69) is 25.2 Å². The van der Waals surface area contributed by atoms with Gasteiger partial charge in [-0.3, -0.25) is 0 Å². The molecule has 0 spiro atoms. The molecule has 0 unspecified atom stereocenters. The van der Waals surface area contributed by atoms with Gasteiger partial charge in [0, 0.05) is 12.6 Å². The SMILES string of the molecule is Cc1ccc(Cl)c(Oc2cccc(CNC(C)C)c2)c1. The standard InChI is InChI=1S/C17H20ClNO/c1-12(2)19-11-14-5-4-6-15(10-14)20-17-9-13(3)7-8-16(17)18/h4-10,12,19H,11H2,1-3H3. The molecule has 0 aliphatic rings. The first-order valence-corrected chi connectivity index (χ1v) is 7.19. The lowest BCUT2D eigenvalue weighted by atomic mass is 10.2. The van der Waals surface area contributed by atoms with Gasteiger partial charge in [-0.1, -0.05) is 43.6 Å². The van der Waals surface area contributed by atoms with Crippen LogP contribution in [0, 0.1) is 6.92 Å². The van der Waals surface area contributed by atoms with Gasteiger partial charge in [0.2, 0.25) is 0 Å². The van der Waals surface area contributed by atoms with Crippen LogP contribution in [0.5, 0.6) is 11.5 Å². The number of benzene rings is 2. The normalized spacial score (nSPS) is 10.8. The molecule has 0 saturated heterocycles. The Bertz CT molecular complexity index is 581. The molecule has 0 atom stereocenters. The van der Waals surface area contributed by atoms with Crippen LogP contribution < -0.4 is 10.1 Å². The van der Waals surface area contributed by atoms with Crippen molar-refractivity contribution >= 4 is 11.6 Å². The van der Waals surface area contributed by atoms with Crippen LogP contribution in [0.3, 0.4) is 0 Å². The molecule has 0 aliphatic carbocycles. The molecule has 0 amide bonds. The van der Waals surface area contributed by atoms with Crippen LogP contribution in [0.2, 0.25) is 5.02 Å². The van der Waals surface area contributed by atoms with Crippen molar-refractivity contribution < 1.29 is 4.74 Å². The molecule has 0 fully saturated rings. The molecule has 1 N–H and O–H groups in total. The van der Waals surface area contributed by atoms with E-state index in [1.807, 2.05) is 43.3 Å². The zero-order valence-corrected chi connectivity index (χ0v) is 12.9. The van der Waals surface area contributed by atoms with E-state index in [9.17, 15) is 0 Å². The van der Waals surface area contributed by atoms with Crippen molar-refractivity contribution in [2.75, 3.05) is 0 Å². The molecule has 0 bridgehead atoms. The number of nitrogens with one attached hydrogen (secondary N) is 1. The molecule has 3 heteroatoms. The van der Waals surface area contributed by atoms with Crippen molar-refractivity contribution in [3.05, 3.63) is 58.6 Å². The van der Waals surface area contributed by atoms with Crippen LogP contribution >= 0.6 is 11.6 Å². The molecule has 2 aromatic carbocycles.